The number of carbonyl (C=O) groups is 1. The van der Waals surface area contributed by atoms with Crippen LogP contribution >= 0.6 is 0 Å². The summed E-state index contributed by atoms with van der Waals surface area (Å²) in [4.78, 5) is 32.5. The number of nitro benzene ring substituents is 1. The molecule has 1 amide bonds. The van der Waals surface area contributed by atoms with E-state index in [9.17, 15) is 25.0 Å². The maximum Gasteiger partial charge on any atom is 0.390 e. The van der Waals surface area contributed by atoms with Crippen molar-refractivity contribution < 1.29 is 19.4 Å². The van der Waals surface area contributed by atoms with Crippen molar-refractivity contribution in [2.45, 2.75) is 13.5 Å². The number of aromatic nitrogens is 2. The number of ether oxygens (including phenoxy) is 1. The highest BCUT2D eigenvalue weighted by Gasteiger charge is 2.19. The SMILES string of the molecule is COc1ccc(C(=O)NCCn2nc([N+](=O)[O-])cc2C)cc1[N+](=O)[O-]. The van der Waals surface area contributed by atoms with Gasteiger partial charge in [0, 0.05) is 18.2 Å². The van der Waals surface area contributed by atoms with E-state index in [1.54, 1.807) is 6.92 Å². The van der Waals surface area contributed by atoms with Gasteiger partial charge in [-0.15, -0.1) is 0 Å². The largest absolute Gasteiger partial charge is 0.490 e. The van der Waals surface area contributed by atoms with Crippen LogP contribution in [0.15, 0.2) is 24.3 Å². The Bertz CT molecular complexity index is 831. The van der Waals surface area contributed by atoms with Crippen molar-refractivity contribution in [2.24, 2.45) is 0 Å². The lowest BCUT2D eigenvalue weighted by Crippen LogP contribution is -2.27. The molecule has 0 atom stereocenters. The van der Waals surface area contributed by atoms with Crippen molar-refractivity contribution in [2.75, 3.05) is 13.7 Å². The zero-order chi connectivity index (χ0) is 18.6. The summed E-state index contributed by atoms with van der Waals surface area (Å²) < 4.78 is 6.27. The minimum Gasteiger partial charge on any atom is -0.490 e. The molecular formula is C14H15N5O6. The molecule has 0 aliphatic carbocycles. The van der Waals surface area contributed by atoms with Crippen LogP contribution in [0.2, 0.25) is 0 Å². The van der Waals surface area contributed by atoms with Crippen LogP contribution in [0.5, 0.6) is 5.75 Å². The first-order chi connectivity index (χ1) is 11.8. The van der Waals surface area contributed by atoms with Crippen molar-refractivity contribution in [3.63, 3.8) is 0 Å². The normalized spacial score (nSPS) is 10.3. The Morgan fingerprint density at radius 2 is 2.00 bits per heavy atom. The van der Waals surface area contributed by atoms with E-state index in [2.05, 4.69) is 10.4 Å². The molecule has 0 radical (unpaired) electrons. The highest BCUT2D eigenvalue weighted by Crippen LogP contribution is 2.27. The van der Waals surface area contributed by atoms with E-state index in [4.69, 9.17) is 4.74 Å². The molecule has 1 heterocycles. The van der Waals surface area contributed by atoms with Crippen molar-refractivity contribution in [1.29, 1.82) is 0 Å². The third kappa shape index (κ3) is 4.07. The topological polar surface area (TPSA) is 142 Å². The number of hydrogen-bond donors (Lipinski definition) is 1. The Balaban J connectivity index is 2.02. The number of nitrogens with zero attached hydrogens (tertiary/aromatic N) is 4. The number of methoxy groups -OCH3 is 1. The van der Waals surface area contributed by atoms with E-state index in [-0.39, 0.29) is 35.9 Å². The molecule has 0 unspecified atom stereocenters. The third-order valence-corrected chi connectivity index (χ3v) is 3.40. The fourth-order valence-electron chi connectivity index (χ4n) is 2.16. The molecule has 11 heteroatoms. The maximum absolute atomic E-state index is 12.1. The first-order valence-electron chi connectivity index (χ1n) is 7.13. The fourth-order valence-corrected chi connectivity index (χ4v) is 2.16. The maximum atomic E-state index is 12.1. The lowest BCUT2D eigenvalue weighted by molar-refractivity contribution is -0.389. The van der Waals surface area contributed by atoms with E-state index >= 15 is 0 Å². The molecule has 0 fully saturated rings. The third-order valence-electron chi connectivity index (χ3n) is 3.40. The van der Waals surface area contributed by atoms with Gasteiger partial charge in [0.1, 0.15) is 0 Å². The van der Waals surface area contributed by atoms with Gasteiger partial charge in [-0.1, -0.05) is 0 Å². The Hall–Kier alpha value is -3.50. The van der Waals surface area contributed by atoms with Gasteiger partial charge in [0.2, 0.25) is 0 Å². The van der Waals surface area contributed by atoms with Crippen LogP contribution in [-0.4, -0.2) is 39.2 Å². The molecule has 0 spiro atoms. The van der Waals surface area contributed by atoms with Gasteiger partial charge in [-0.25, -0.2) is 0 Å². The van der Waals surface area contributed by atoms with Gasteiger partial charge < -0.3 is 20.2 Å². The molecule has 2 aromatic rings. The number of carbonyl (C=O) groups excluding carboxylic acids is 1. The zero-order valence-corrected chi connectivity index (χ0v) is 13.5. The Kier molecular flexibility index (Phi) is 5.27. The molecule has 0 saturated carbocycles. The highest BCUT2D eigenvalue weighted by molar-refractivity contribution is 5.95. The molecular weight excluding hydrogens is 334 g/mol. The van der Waals surface area contributed by atoms with E-state index in [1.165, 1.54) is 30.0 Å². The number of hydrogen-bond acceptors (Lipinski definition) is 7. The Labute approximate surface area is 141 Å². The van der Waals surface area contributed by atoms with Crippen molar-refractivity contribution in [1.82, 2.24) is 15.1 Å². The van der Waals surface area contributed by atoms with E-state index in [0.29, 0.717) is 5.69 Å². The molecule has 0 saturated heterocycles. The number of nitro groups is 2. The molecule has 1 N–H and O–H groups in total. The van der Waals surface area contributed by atoms with Gasteiger partial charge in [-0.05, 0) is 24.0 Å². The summed E-state index contributed by atoms with van der Waals surface area (Å²) in [6.07, 6.45) is 0. The molecule has 1 aromatic carbocycles. The van der Waals surface area contributed by atoms with Gasteiger partial charge in [0.25, 0.3) is 5.91 Å². The molecule has 25 heavy (non-hydrogen) atoms. The van der Waals surface area contributed by atoms with E-state index in [1.807, 2.05) is 0 Å². The minimum atomic E-state index is -0.637. The molecule has 132 valence electrons. The van der Waals surface area contributed by atoms with Crippen molar-refractivity contribution in [3.8, 4) is 5.75 Å². The summed E-state index contributed by atoms with van der Waals surface area (Å²) in [5.41, 5.74) is 0.380. The second-order valence-corrected chi connectivity index (χ2v) is 5.02. The van der Waals surface area contributed by atoms with Crippen LogP contribution in [0.3, 0.4) is 0 Å². The quantitative estimate of drug-likeness (QED) is 0.588. The van der Waals surface area contributed by atoms with Crippen LogP contribution in [-0.2, 0) is 6.54 Å². The highest BCUT2D eigenvalue weighted by atomic mass is 16.6. The van der Waals surface area contributed by atoms with Crippen LogP contribution in [0.4, 0.5) is 11.5 Å². The Morgan fingerprint density at radius 3 is 2.56 bits per heavy atom. The summed E-state index contributed by atoms with van der Waals surface area (Å²) in [5.74, 6) is -0.722. The number of rotatable bonds is 7. The number of nitrogens with one attached hydrogen (secondary N) is 1. The minimum absolute atomic E-state index is 0.0565. The van der Waals surface area contributed by atoms with E-state index < -0.39 is 15.8 Å². The molecule has 0 aliphatic heterocycles. The first-order valence-corrected chi connectivity index (χ1v) is 7.13. The number of benzene rings is 1. The fraction of sp³-hybridized carbons (Fsp3) is 0.286. The molecule has 1 aromatic heterocycles. The summed E-state index contributed by atoms with van der Waals surface area (Å²) in [6.45, 7) is 2.04. The zero-order valence-electron chi connectivity index (χ0n) is 13.5. The first kappa shape index (κ1) is 17.8. The van der Waals surface area contributed by atoms with Gasteiger partial charge in [-0.2, -0.15) is 4.68 Å². The van der Waals surface area contributed by atoms with Gasteiger partial charge in [0.05, 0.1) is 35.4 Å². The lowest BCUT2D eigenvalue weighted by Gasteiger charge is -2.06. The lowest BCUT2D eigenvalue weighted by atomic mass is 10.1. The summed E-state index contributed by atoms with van der Waals surface area (Å²) >= 11 is 0. The number of amides is 1. The van der Waals surface area contributed by atoms with Gasteiger partial charge in [0.15, 0.2) is 5.75 Å². The molecule has 11 nitrogen and oxygen atoms in total. The van der Waals surface area contributed by atoms with Crippen LogP contribution in [0.1, 0.15) is 16.1 Å². The molecule has 0 bridgehead atoms. The average molecular weight is 349 g/mol. The van der Waals surface area contributed by atoms with Crippen LogP contribution < -0.4 is 10.1 Å². The molecule has 2 rings (SSSR count). The van der Waals surface area contributed by atoms with Crippen molar-refractivity contribution >= 4 is 17.4 Å². The van der Waals surface area contributed by atoms with Crippen LogP contribution in [0, 0.1) is 27.2 Å². The summed E-state index contributed by atoms with van der Waals surface area (Å²) in [6, 6.07) is 5.20. The molecule has 0 aliphatic rings. The van der Waals surface area contributed by atoms with Gasteiger partial charge in [-0.3, -0.25) is 14.9 Å². The number of aryl methyl sites for hydroxylation is 1. The summed E-state index contributed by atoms with van der Waals surface area (Å²) in [5, 5.41) is 28.0. The Morgan fingerprint density at radius 1 is 1.28 bits per heavy atom. The average Bonchev–Trinajstić information content (AvgIpc) is 2.95. The van der Waals surface area contributed by atoms with Crippen LogP contribution in [0.25, 0.3) is 0 Å². The predicted octanol–water partition coefficient (Wildman–Crippen LogP) is 1.45. The van der Waals surface area contributed by atoms with E-state index in [0.717, 1.165) is 6.07 Å². The van der Waals surface area contributed by atoms with Gasteiger partial charge >= 0.3 is 11.5 Å². The second-order valence-electron chi connectivity index (χ2n) is 5.02. The van der Waals surface area contributed by atoms with Crippen molar-refractivity contribution in [3.05, 3.63) is 55.8 Å². The predicted molar refractivity (Wildman–Crippen MR) is 85.6 cm³/mol. The smallest absolute Gasteiger partial charge is 0.390 e. The standard InChI is InChI=1S/C14H15N5O6/c1-9-7-13(19(23)24)16-17(9)6-5-15-14(20)10-3-4-12(25-2)11(8-10)18(21)22/h3-4,7-8H,5-6H2,1-2H3,(H,15,20). The summed E-state index contributed by atoms with van der Waals surface area (Å²) in [7, 11) is 1.30. The second kappa shape index (κ2) is 7.38. The monoisotopic (exact) mass is 349 g/mol.